The van der Waals surface area contributed by atoms with E-state index < -0.39 is 10.9 Å². The van der Waals surface area contributed by atoms with Gasteiger partial charge in [0, 0.05) is 16.8 Å². The smallest absolute Gasteiger partial charge is 0.345 e. The number of hydrogen-bond acceptors (Lipinski definition) is 4. The highest BCUT2D eigenvalue weighted by Gasteiger charge is 2.11. The Morgan fingerprint density at radius 2 is 2.13 bits per heavy atom. The number of nitro groups is 1. The van der Waals surface area contributed by atoms with Gasteiger partial charge in [-0.05, 0) is 17.5 Å². The summed E-state index contributed by atoms with van der Waals surface area (Å²) in [5.41, 5.74) is -0.0266. The largest absolute Gasteiger partial charge is 0.477 e. The summed E-state index contributed by atoms with van der Waals surface area (Å²) in [7, 11) is 0. The second-order valence-electron chi connectivity index (χ2n) is 2.90. The first-order chi connectivity index (χ1) is 7.08. The summed E-state index contributed by atoms with van der Waals surface area (Å²) in [5.74, 6) is -1.01. The van der Waals surface area contributed by atoms with Crippen molar-refractivity contribution in [3.05, 3.63) is 39.3 Å². The van der Waals surface area contributed by atoms with Gasteiger partial charge in [0.2, 0.25) is 0 Å². The Bertz CT molecular complexity index is 548. The topological polar surface area (TPSA) is 80.4 Å². The van der Waals surface area contributed by atoms with Crippen LogP contribution in [0.1, 0.15) is 9.67 Å². The van der Waals surface area contributed by atoms with Gasteiger partial charge in [-0.25, -0.2) is 4.79 Å². The van der Waals surface area contributed by atoms with Crippen LogP contribution < -0.4 is 0 Å². The lowest BCUT2D eigenvalue weighted by Crippen LogP contribution is -1.89. The highest BCUT2D eigenvalue weighted by atomic mass is 32.1. The van der Waals surface area contributed by atoms with E-state index in [4.69, 9.17) is 5.11 Å². The monoisotopic (exact) mass is 223 g/mol. The Morgan fingerprint density at radius 1 is 1.40 bits per heavy atom. The number of non-ortho nitro benzene ring substituents is 1. The van der Waals surface area contributed by atoms with Gasteiger partial charge in [0.05, 0.1) is 4.92 Å². The third-order valence-electron chi connectivity index (χ3n) is 1.93. The lowest BCUT2D eigenvalue weighted by Gasteiger charge is -1.89. The zero-order valence-electron chi connectivity index (χ0n) is 7.34. The quantitative estimate of drug-likeness (QED) is 0.626. The molecule has 1 N–H and O–H groups in total. The summed E-state index contributed by atoms with van der Waals surface area (Å²) in [5, 5.41) is 19.9. The van der Waals surface area contributed by atoms with Crippen molar-refractivity contribution < 1.29 is 14.8 Å². The van der Waals surface area contributed by atoms with Gasteiger partial charge < -0.3 is 5.11 Å². The lowest BCUT2D eigenvalue weighted by molar-refractivity contribution is -0.384. The first-order valence-electron chi connectivity index (χ1n) is 3.99. The van der Waals surface area contributed by atoms with Crippen LogP contribution in [0.4, 0.5) is 5.69 Å². The number of hydrogen-bond donors (Lipinski definition) is 1. The van der Waals surface area contributed by atoms with Crippen LogP contribution in [0.25, 0.3) is 10.1 Å². The maximum atomic E-state index is 10.7. The summed E-state index contributed by atoms with van der Waals surface area (Å²) < 4.78 is 0.613. The van der Waals surface area contributed by atoms with Crippen LogP contribution in [0.3, 0.4) is 0 Å². The number of nitro benzene ring substituents is 1. The van der Waals surface area contributed by atoms with E-state index in [0.29, 0.717) is 10.1 Å². The number of carboxylic acid groups (broad SMARTS) is 1. The van der Waals surface area contributed by atoms with Crippen molar-refractivity contribution in [3.8, 4) is 0 Å². The van der Waals surface area contributed by atoms with Gasteiger partial charge in [0.25, 0.3) is 5.69 Å². The number of aromatic carboxylic acids is 1. The molecular weight excluding hydrogens is 218 g/mol. The molecule has 1 heterocycles. The average molecular weight is 223 g/mol. The molecule has 5 nitrogen and oxygen atoms in total. The Hall–Kier alpha value is -1.95. The SMILES string of the molecule is O=C(O)c1cc2ccc([N+](=O)[O-])cc2s1. The third kappa shape index (κ3) is 1.66. The van der Waals surface area contributed by atoms with E-state index in [1.807, 2.05) is 0 Å². The standard InChI is InChI=1S/C9H5NO4S/c11-9(12)8-3-5-1-2-6(10(13)14)4-7(5)15-8/h1-4H,(H,11,12). The predicted molar refractivity (Wildman–Crippen MR) is 55.4 cm³/mol. The number of rotatable bonds is 2. The summed E-state index contributed by atoms with van der Waals surface area (Å²) in [6.45, 7) is 0. The number of nitrogens with zero attached hydrogens (tertiary/aromatic N) is 1. The molecule has 1 aromatic carbocycles. The third-order valence-corrected chi connectivity index (χ3v) is 3.01. The molecule has 6 heteroatoms. The van der Waals surface area contributed by atoms with Crippen LogP contribution in [0.5, 0.6) is 0 Å². The van der Waals surface area contributed by atoms with E-state index in [0.717, 1.165) is 11.3 Å². The van der Waals surface area contributed by atoms with Crippen molar-refractivity contribution in [2.75, 3.05) is 0 Å². The minimum atomic E-state index is -1.01. The number of carboxylic acids is 1. The van der Waals surface area contributed by atoms with Gasteiger partial charge in [-0.15, -0.1) is 11.3 Å². The van der Waals surface area contributed by atoms with E-state index in [1.54, 1.807) is 6.07 Å². The Balaban J connectivity index is 2.62. The second-order valence-corrected chi connectivity index (χ2v) is 3.98. The van der Waals surface area contributed by atoms with Gasteiger partial charge in [-0.2, -0.15) is 0 Å². The molecule has 0 spiro atoms. The van der Waals surface area contributed by atoms with Crippen LogP contribution in [-0.2, 0) is 0 Å². The molecule has 0 unspecified atom stereocenters. The molecule has 15 heavy (non-hydrogen) atoms. The van der Waals surface area contributed by atoms with Crippen LogP contribution in [0.15, 0.2) is 24.3 Å². The molecule has 0 saturated heterocycles. The minimum Gasteiger partial charge on any atom is -0.477 e. The molecule has 2 rings (SSSR count). The summed E-state index contributed by atoms with van der Waals surface area (Å²) in [6.07, 6.45) is 0. The molecule has 1 aromatic heterocycles. The zero-order chi connectivity index (χ0) is 11.0. The summed E-state index contributed by atoms with van der Waals surface area (Å²) in [6, 6.07) is 5.80. The van der Waals surface area contributed by atoms with Crippen molar-refractivity contribution in [2.45, 2.75) is 0 Å². The van der Waals surface area contributed by atoms with Gasteiger partial charge in [0.15, 0.2) is 0 Å². The van der Waals surface area contributed by atoms with E-state index in [9.17, 15) is 14.9 Å². The molecule has 0 aliphatic heterocycles. The predicted octanol–water partition coefficient (Wildman–Crippen LogP) is 2.51. The molecule has 0 saturated carbocycles. The molecule has 0 aliphatic carbocycles. The number of fused-ring (bicyclic) bond motifs is 1. The molecule has 76 valence electrons. The van der Waals surface area contributed by atoms with Gasteiger partial charge in [-0.1, -0.05) is 0 Å². The second kappa shape index (κ2) is 3.32. The number of benzene rings is 1. The van der Waals surface area contributed by atoms with Gasteiger partial charge in [-0.3, -0.25) is 10.1 Å². The van der Waals surface area contributed by atoms with Crippen molar-refractivity contribution in [1.82, 2.24) is 0 Å². The Morgan fingerprint density at radius 3 is 2.73 bits per heavy atom. The van der Waals surface area contributed by atoms with Crippen molar-refractivity contribution >= 4 is 33.1 Å². The molecule has 2 aromatic rings. The number of thiophene rings is 1. The normalized spacial score (nSPS) is 10.4. The van der Waals surface area contributed by atoms with Gasteiger partial charge in [0.1, 0.15) is 4.88 Å². The molecule has 0 radical (unpaired) electrons. The van der Waals surface area contributed by atoms with Crippen molar-refractivity contribution in [2.24, 2.45) is 0 Å². The number of carbonyl (C=O) groups is 1. The molecule has 0 amide bonds. The van der Waals surface area contributed by atoms with Gasteiger partial charge >= 0.3 is 5.97 Å². The van der Waals surface area contributed by atoms with Crippen LogP contribution in [-0.4, -0.2) is 16.0 Å². The van der Waals surface area contributed by atoms with E-state index in [2.05, 4.69) is 0 Å². The molecular formula is C9H5NO4S. The van der Waals surface area contributed by atoms with Crippen molar-refractivity contribution in [3.63, 3.8) is 0 Å². The first-order valence-corrected chi connectivity index (χ1v) is 4.81. The van der Waals surface area contributed by atoms with E-state index >= 15 is 0 Å². The first kappa shape index (κ1) is 9.60. The van der Waals surface area contributed by atoms with E-state index in [1.165, 1.54) is 18.2 Å². The fourth-order valence-corrected chi connectivity index (χ4v) is 2.17. The summed E-state index contributed by atoms with van der Waals surface area (Å²) >= 11 is 1.03. The highest BCUT2D eigenvalue weighted by Crippen LogP contribution is 2.28. The fraction of sp³-hybridized carbons (Fsp3) is 0. The zero-order valence-corrected chi connectivity index (χ0v) is 8.15. The van der Waals surface area contributed by atoms with E-state index in [-0.39, 0.29) is 10.6 Å². The van der Waals surface area contributed by atoms with Crippen LogP contribution in [0, 0.1) is 10.1 Å². The minimum absolute atomic E-state index is 0.0266. The average Bonchev–Trinajstić information content (AvgIpc) is 2.59. The fourth-order valence-electron chi connectivity index (χ4n) is 1.24. The molecule has 0 aliphatic rings. The van der Waals surface area contributed by atoms with Crippen LogP contribution in [0.2, 0.25) is 0 Å². The van der Waals surface area contributed by atoms with Crippen LogP contribution >= 0.6 is 11.3 Å². The molecule has 0 bridgehead atoms. The van der Waals surface area contributed by atoms with Crippen molar-refractivity contribution in [1.29, 1.82) is 0 Å². The maximum Gasteiger partial charge on any atom is 0.345 e. The Labute approximate surface area is 87.7 Å². The summed E-state index contributed by atoms with van der Waals surface area (Å²) in [4.78, 5) is 20.8. The lowest BCUT2D eigenvalue weighted by atomic mass is 10.2. The Kier molecular flexibility index (Phi) is 2.12. The molecule has 0 fully saturated rings. The molecule has 0 atom stereocenters. The maximum absolute atomic E-state index is 10.7. The highest BCUT2D eigenvalue weighted by molar-refractivity contribution is 7.20.